The number of amides is 1. The van der Waals surface area contributed by atoms with Crippen molar-refractivity contribution >= 4 is 5.91 Å². The minimum atomic E-state index is -0.553. The molecule has 134 valence electrons. The Labute approximate surface area is 150 Å². The van der Waals surface area contributed by atoms with Gasteiger partial charge in [-0.05, 0) is 81.1 Å². The fourth-order valence-electron chi connectivity index (χ4n) is 2.55. The Morgan fingerprint density at radius 2 is 1.64 bits per heavy atom. The molecular weight excluding hydrogens is 314 g/mol. The molecule has 25 heavy (non-hydrogen) atoms. The second kappa shape index (κ2) is 8.56. The number of ether oxygens (including phenoxy) is 2. The van der Waals surface area contributed by atoms with Gasteiger partial charge >= 0.3 is 0 Å². The summed E-state index contributed by atoms with van der Waals surface area (Å²) < 4.78 is 11.4. The fourth-order valence-corrected chi connectivity index (χ4v) is 2.55. The monoisotopic (exact) mass is 341 g/mol. The number of carbonyl (C=O) groups excluding carboxylic acids is 1. The lowest BCUT2D eigenvalue weighted by atomic mass is 10.1. The zero-order chi connectivity index (χ0) is 18.4. The average molecular weight is 341 g/mol. The first-order chi connectivity index (χ1) is 11.8. The Kier molecular flexibility index (Phi) is 6.45. The third kappa shape index (κ3) is 5.82. The van der Waals surface area contributed by atoms with Crippen LogP contribution in [-0.2, 0) is 4.79 Å². The van der Waals surface area contributed by atoms with E-state index in [1.54, 1.807) is 6.92 Å². The summed E-state index contributed by atoms with van der Waals surface area (Å²) in [6, 6.07) is 11.9. The van der Waals surface area contributed by atoms with Crippen molar-refractivity contribution in [3.05, 3.63) is 58.7 Å². The summed E-state index contributed by atoms with van der Waals surface area (Å²) >= 11 is 0. The maximum Gasteiger partial charge on any atom is 0.260 e. The van der Waals surface area contributed by atoms with Crippen molar-refractivity contribution in [1.29, 1.82) is 0 Å². The minimum Gasteiger partial charge on any atom is -0.492 e. The highest BCUT2D eigenvalue weighted by Crippen LogP contribution is 2.18. The summed E-state index contributed by atoms with van der Waals surface area (Å²) in [5.41, 5.74) is 4.66. The Morgan fingerprint density at radius 3 is 2.28 bits per heavy atom. The van der Waals surface area contributed by atoms with Gasteiger partial charge in [0.15, 0.2) is 6.10 Å². The number of carbonyl (C=O) groups is 1. The molecule has 0 aromatic heterocycles. The number of aryl methyl sites for hydroxylation is 4. The second-order valence-corrected chi connectivity index (χ2v) is 6.47. The van der Waals surface area contributed by atoms with E-state index < -0.39 is 6.10 Å². The third-order valence-corrected chi connectivity index (χ3v) is 4.03. The summed E-state index contributed by atoms with van der Waals surface area (Å²) in [7, 11) is 0. The molecule has 2 rings (SSSR count). The molecule has 0 radical (unpaired) electrons. The van der Waals surface area contributed by atoms with Crippen LogP contribution >= 0.6 is 0 Å². The van der Waals surface area contributed by atoms with E-state index in [0.29, 0.717) is 18.9 Å². The van der Waals surface area contributed by atoms with E-state index in [1.165, 1.54) is 11.1 Å². The van der Waals surface area contributed by atoms with Crippen LogP contribution < -0.4 is 14.8 Å². The van der Waals surface area contributed by atoms with Crippen molar-refractivity contribution in [2.45, 2.75) is 40.7 Å². The molecule has 0 saturated heterocycles. The number of hydrogen-bond acceptors (Lipinski definition) is 3. The minimum absolute atomic E-state index is 0.150. The lowest BCUT2D eigenvalue weighted by molar-refractivity contribution is -0.127. The van der Waals surface area contributed by atoms with E-state index in [1.807, 2.05) is 44.2 Å². The molecule has 1 N–H and O–H groups in total. The predicted molar refractivity (Wildman–Crippen MR) is 100 cm³/mol. The first kappa shape index (κ1) is 18.8. The standard InChI is InChI=1S/C21H27NO3/c1-14-10-15(2)12-20(11-14)25-18(5)21(23)22-8-9-24-19-7-6-16(3)17(4)13-19/h6-7,10-13,18H,8-9H2,1-5H3,(H,22,23)/t18-/m1/s1. The molecular formula is C21H27NO3. The van der Waals surface area contributed by atoms with E-state index in [2.05, 4.69) is 25.2 Å². The van der Waals surface area contributed by atoms with Gasteiger partial charge in [-0.25, -0.2) is 0 Å². The number of rotatable bonds is 7. The van der Waals surface area contributed by atoms with Crippen LogP contribution in [0.25, 0.3) is 0 Å². The van der Waals surface area contributed by atoms with Crippen LogP contribution in [-0.4, -0.2) is 25.2 Å². The normalized spacial score (nSPS) is 11.7. The van der Waals surface area contributed by atoms with E-state index in [4.69, 9.17) is 9.47 Å². The third-order valence-electron chi connectivity index (χ3n) is 4.03. The van der Waals surface area contributed by atoms with Crippen molar-refractivity contribution < 1.29 is 14.3 Å². The zero-order valence-electron chi connectivity index (χ0n) is 15.7. The van der Waals surface area contributed by atoms with E-state index in [9.17, 15) is 4.79 Å². The van der Waals surface area contributed by atoms with Crippen molar-refractivity contribution in [2.75, 3.05) is 13.2 Å². The van der Waals surface area contributed by atoms with Crippen LogP contribution in [0.3, 0.4) is 0 Å². The van der Waals surface area contributed by atoms with Crippen LogP contribution in [0.5, 0.6) is 11.5 Å². The Balaban J connectivity index is 1.76. The summed E-state index contributed by atoms with van der Waals surface area (Å²) in [6.45, 7) is 10.7. The van der Waals surface area contributed by atoms with Gasteiger partial charge in [-0.15, -0.1) is 0 Å². The van der Waals surface area contributed by atoms with Crippen LogP contribution in [0, 0.1) is 27.7 Å². The smallest absolute Gasteiger partial charge is 0.260 e. The topological polar surface area (TPSA) is 47.6 Å². The Bertz CT molecular complexity index is 720. The number of hydrogen-bond donors (Lipinski definition) is 1. The Hall–Kier alpha value is -2.49. The maximum absolute atomic E-state index is 12.1. The van der Waals surface area contributed by atoms with Crippen molar-refractivity contribution in [2.24, 2.45) is 0 Å². The molecule has 0 spiro atoms. The summed E-state index contributed by atoms with van der Waals surface area (Å²) in [4.78, 5) is 12.1. The highest BCUT2D eigenvalue weighted by atomic mass is 16.5. The highest BCUT2D eigenvalue weighted by molar-refractivity contribution is 5.80. The fraction of sp³-hybridized carbons (Fsp3) is 0.381. The van der Waals surface area contributed by atoms with Crippen LogP contribution in [0.2, 0.25) is 0 Å². The SMILES string of the molecule is Cc1cc(C)cc(O[C@H](C)C(=O)NCCOc2ccc(C)c(C)c2)c1. The van der Waals surface area contributed by atoms with Gasteiger partial charge in [0.25, 0.3) is 5.91 Å². The quantitative estimate of drug-likeness (QED) is 0.778. The van der Waals surface area contributed by atoms with Crippen molar-refractivity contribution in [3.8, 4) is 11.5 Å². The zero-order valence-corrected chi connectivity index (χ0v) is 15.7. The van der Waals surface area contributed by atoms with Crippen molar-refractivity contribution in [1.82, 2.24) is 5.32 Å². The Morgan fingerprint density at radius 1 is 0.960 bits per heavy atom. The van der Waals surface area contributed by atoms with Crippen LogP contribution in [0.1, 0.15) is 29.2 Å². The lowest BCUT2D eigenvalue weighted by Crippen LogP contribution is -2.38. The molecule has 0 unspecified atom stereocenters. The van der Waals surface area contributed by atoms with Gasteiger partial charge in [-0.2, -0.15) is 0 Å². The van der Waals surface area contributed by atoms with Gasteiger partial charge in [-0.1, -0.05) is 12.1 Å². The molecule has 0 aliphatic carbocycles. The molecule has 0 bridgehead atoms. The van der Waals surface area contributed by atoms with Crippen LogP contribution in [0.15, 0.2) is 36.4 Å². The van der Waals surface area contributed by atoms with Crippen LogP contribution in [0.4, 0.5) is 0 Å². The molecule has 4 heteroatoms. The molecule has 0 aliphatic rings. The second-order valence-electron chi connectivity index (χ2n) is 6.47. The molecule has 4 nitrogen and oxygen atoms in total. The van der Waals surface area contributed by atoms with E-state index in [-0.39, 0.29) is 5.91 Å². The van der Waals surface area contributed by atoms with E-state index >= 15 is 0 Å². The average Bonchev–Trinajstić information content (AvgIpc) is 2.53. The maximum atomic E-state index is 12.1. The number of benzene rings is 2. The molecule has 0 heterocycles. The van der Waals surface area contributed by atoms with Gasteiger partial charge in [0, 0.05) is 0 Å². The first-order valence-electron chi connectivity index (χ1n) is 8.58. The number of nitrogens with one attached hydrogen (secondary N) is 1. The van der Waals surface area contributed by atoms with Crippen molar-refractivity contribution in [3.63, 3.8) is 0 Å². The highest BCUT2D eigenvalue weighted by Gasteiger charge is 2.14. The van der Waals surface area contributed by atoms with Gasteiger partial charge in [0.2, 0.25) is 0 Å². The largest absolute Gasteiger partial charge is 0.492 e. The molecule has 0 aliphatic heterocycles. The van der Waals surface area contributed by atoms with Gasteiger partial charge < -0.3 is 14.8 Å². The molecule has 1 atom stereocenters. The molecule has 2 aromatic carbocycles. The summed E-state index contributed by atoms with van der Waals surface area (Å²) in [5.74, 6) is 1.38. The lowest BCUT2D eigenvalue weighted by Gasteiger charge is -2.16. The summed E-state index contributed by atoms with van der Waals surface area (Å²) in [6.07, 6.45) is -0.553. The molecule has 2 aromatic rings. The van der Waals surface area contributed by atoms with Gasteiger partial charge in [0.1, 0.15) is 18.1 Å². The first-order valence-corrected chi connectivity index (χ1v) is 8.58. The predicted octanol–water partition coefficient (Wildman–Crippen LogP) is 3.88. The molecule has 0 fully saturated rings. The molecule has 0 saturated carbocycles. The molecule has 1 amide bonds. The van der Waals surface area contributed by atoms with Gasteiger partial charge in [-0.3, -0.25) is 4.79 Å². The van der Waals surface area contributed by atoms with E-state index in [0.717, 1.165) is 16.9 Å². The summed E-state index contributed by atoms with van der Waals surface area (Å²) in [5, 5.41) is 2.84. The van der Waals surface area contributed by atoms with Gasteiger partial charge in [0.05, 0.1) is 6.54 Å².